The molecule has 0 fully saturated rings. The van der Waals surface area contributed by atoms with E-state index in [0.717, 1.165) is 35.4 Å². The quantitative estimate of drug-likeness (QED) is 0.454. The monoisotopic (exact) mass is 518 g/mol. The third-order valence-corrected chi connectivity index (χ3v) is 7.43. The van der Waals surface area contributed by atoms with Crippen LogP contribution in [0.3, 0.4) is 0 Å². The number of anilines is 1. The molecule has 37 heavy (non-hydrogen) atoms. The van der Waals surface area contributed by atoms with Crippen molar-refractivity contribution in [2.45, 2.75) is 37.5 Å². The average molecular weight is 519 g/mol. The van der Waals surface area contributed by atoms with Gasteiger partial charge in [-0.1, -0.05) is 73.3 Å². The van der Waals surface area contributed by atoms with Crippen LogP contribution in [-0.4, -0.2) is 33.0 Å². The molecule has 0 radical (unpaired) electrons. The smallest absolute Gasteiger partial charge is 0.262 e. The van der Waals surface area contributed by atoms with E-state index in [1.165, 1.54) is 23.4 Å². The summed E-state index contributed by atoms with van der Waals surface area (Å²) in [6.07, 6.45) is 1.42. The zero-order valence-electron chi connectivity index (χ0n) is 20.0. The van der Waals surface area contributed by atoms with Gasteiger partial charge in [0.15, 0.2) is 16.8 Å². The van der Waals surface area contributed by atoms with E-state index in [0.29, 0.717) is 11.6 Å². The van der Waals surface area contributed by atoms with Crippen LogP contribution in [0, 0.1) is 11.6 Å². The summed E-state index contributed by atoms with van der Waals surface area (Å²) < 4.78 is 26.6. The van der Waals surface area contributed by atoms with Gasteiger partial charge in [0.2, 0.25) is 5.91 Å². The summed E-state index contributed by atoms with van der Waals surface area (Å²) in [4.78, 5) is 29.5. The molecule has 0 saturated carbocycles. The highest BCUT2D eigenvalue weighted by Crippen LogP contribution is 2.38. The minimum Gasteiger partial charge on any atom is -0.326 e. The lowest BCUT2D eigenvalue weighted by Gasteiger charge is -2.23. The highest BCUT2D eigenvalue weighted by atomic mass is 32.2. The van der Waals surface area contributed by atoms with Crippen molar-refractivity contribution in [2.75, 3.05) is 5.32 Å². The lowest BCUT2D eigenvalue weighted by atomic mass is 9.97. The minimum atomic E-state index is -1.06. The molecule has 2 atom stereocenters. The van der Waals surface area contributed by atoms with Crippen molar-refractivity contribution in [2.24, 2.45) is 10.1 Å². The number of nitrogens with one attached hydrogen (secondary N) is 1. The summed E-state index contributed by atoms with van der Waals surface area (Å²) >= 11 is 1.19. The van der Waals surface area contributed by atoms with Crippen LogP contribution in [0.1, 0.15) is 42.5 Å². The molecule has 2 amide bonds. The fourth-order valence-electron chi connectivity index (χ4n) is 4.29. The number of thioether (sulfide) groups is 1. The molecule has 3 aromatic carbocycles. The Balaban J connectivity index is 1.34. The maximum absolute atomic E-state index is 13.5. The van der Waals surface area contributed by atoms with Gasteiger partial charge in [-0.25, -0.2) is 13.8 Å². The first kappa shape index (κ1) is 24.8. The second-order valence-corrected chi connectivity index (χ2v) is 9.96. The fourth-order valence-corrected chi connectivity index (χ4v) is 5.35. The summed E-state index contributed by atoms with van der Waals surface area (Å²) in [5.74, 6) is -2.98. The number of hydrogen-bond acceptors (Lipinski definition) is 5. The second-order valence-electron chi connectivity index (χ2n) is 8.79. The van der Waals surface area contributed by atoms with Crippen molar-refractivity contribution in [1.82, 2.24) is 5.01 Å². The topological polar surface area (TPSA) is 74.1 Å². The number of benzene rings is 3. The first-order valence-corrected chi connectivity index (χ1v) is 12.8. The number of rotatable bonds is 6. The SMILES string of the molecule is CCc1ccc([C@@H]2CC(c3ccccc3)=NN2C2=NC(=O)[C@@H](CC(=O)Nc3ccc(F)c(F)c3)S2)cc1. The van der Waals surface area contributed by atoms with Gasteiger partial charge in [0, 0.05) is 24.6 Å². The first-order valence-electron chi connectivity index (χ1n) is 12.0. The van der Waals surface area contributed by atoms with Crippen LogP contribution in [-0.2, 0) is 16.0 Å². The van der Waals surface area contributed by atoms with Crippen LogP contribution in [0.5, 0.6) is 0 Å². The molecule has 0 bridgehead atoms. The third-order valence-electron chi connectivity index (χ3n) is 6.29. The molecular formula is C28H24F2N4O2S. The normalized spacial score (nSPS) is 19.1. The molecule has 6 nitrogen and oxygen atoms in total. The molecule has 2 aliphatic heterocycles. The predicted molar refractivity (Wildman–Crippen MR) is 141 cm³/mol. The van der Waals surface area contributed by atoms with Gasteiger partial charge in [-0.3, -0.25) is 9.59 Å². The minimum absolute atomic E-state index is 0.118. The van der Waals surface area contributed by atoms with Crippen molar-refractivity contribution in [3.05, 3.63) is 101 Å². The molecule has 0 aromatic heterocycles. The summed E-state index contributed by atoms with van der Waals surface area (Å²) in [5, 5.41) is 8.83. The van der Waals surface area contributed by atoms with Gasteiger partial charge in [-0.05, 0) is 35.2 Å². The van der Waals surface area contributed by atoms with Crippen LogP contribution in [0.15, 0.2) is 82.9 Å². The molecule has 9 heteroatoms. The highest BCUT2D eigenvalue weighted by Gasteiger charge is 2.39. The van der Waals surface area contributed by atoms with Gasteiger partial charge >= 0.3 is 0 Å². The Labute approximate surface area is 217 Å². The molecule has 0 saturated heterocycles. The zero-order chi connectivity index (χ0) is 25.9. The number of amides is 2. The van der Waals surface area contributed by atoms with Gasteiger partial charge < -0.3 is 5.32 Å². The van der Waals surface area contributed by atoms with Crippen LogP contribution >= 0.6 is 11.8 Å². The summed E-state index contributed by atoms with van der Waals surface area (Å²) in [6.45, 7) is 2.10. The number of amidine groups is 1. The molecule has 188 valence electrons. The summed E-state index contributed by atoms with van der Waals surface area (Å²) in [7, 11) is 0. The maximum Gasteiger partial charge on any atom is 0.262 e. The molecule has 5 rings (SSSR count). The Morgan fingerprint density at radius 3 is 2.51 bits per heavy atom. The van der Waals surface area contributed by atoms with Gasteiger partial charge in [0.25, 0.3) is 5.91 Å². The number of hydrogen-bond donors (Lipinski definition) is 1. The van der Waals surface area contributed by atoms with Crippen molar-refractivity contribution in [3.8, 4) is 0 Å². The number of carbonyl (C=O) groups excluding carboxylic acids is 2. The molecule has 0 spiro atoms. The molecule has 0 aliphatic carbocycles. The van der Waals surface area contributed by atoms with Crippen molar-refractivity contribution < 1.29 is 18.4 Å². The third kappa shape index (κ3) is 5.46. The Hall–Kier alpha value is -3.85. The largest absolute Gasteiger partial charge is 0.326 e. The molecule has 2 heterocycles. The highest BCUT2D eigenvalue weighted by molar-refractivity contribution is 8.15. The standard InChI is InChI=1S/C28H24F2N4O2S/c1-2-17-8-10-19(11-9-17)24-15-23(18-6-4-3-5-7-18)33-34(24)28-32-27(36)25(37-28)16-26(35)31-20-12-13-21(29)22(30)14-20/h3-14,24-25H,2,15-16H2,1H3,(H,31,35)/t24-,25+/m0/s1. The molecule has 0 unspecified atom stereocenters. The predicted octanol–water partition coefficient (Wildman–Crippen LogP) is 5.71. The van der Waals surface area contributed by atoms with Gasteiger partial charge in [0.05, 0.1) is 11.8 Å². The summed E-state index contributed by atoms with van der Waals surface area (Å²) in [5.41, 5.74) is 4.29. The van der Waals surface area contributed by atoms with Crippen LogP contribution in [0.25, 0.3) is 0 Å². The van der Waals surface area contributed by atoms with Gasteiger partial charge in [0.1, 0.15) is 5.25 Å². The number of aryl methyl sites for hydroxylation is 1. The first-order chi connectivity index (χ1) is 17.9. The zero-order valence-corrected chi connectivity index (χ0v) is 20.8. The van der Waals surface area contributed by atoms with E-state index in [-0.39, 0.29) is 18.2 Å². The Morgan fingerprint density at radius 1 is 1.05 bits per heavy atom. The van der Waals surface area contributed by atoms with Crippen molar-refractivity contribution in [1.29, 1.82) is 0 Å². The molecule has 1 N–H and O–H groups in total. The van der Waals surface area contributed by atoms with E-state index < -0.39 is 28.7 Å². The molecule has 3 aromatic rings. The maximum atomic E-state index is 13.5. The van der Waals surface area contributed by atoms with E-state index in [1.54, 1.807) is 5.01 Å². The Morgan fingerprint density at radius 2 is 1.81 bits per heavy atom. The fraction of sp³-hybridized carbons (Fsp3) is 0.214. The number of hydrazone groups is 1. The number of nitrogens with zero attached hydrogens (tertiary/aromatic N) is 3. The van der Waals surface area contributed by atoms with Crippen LogP contribution in [0.2, 0.25) is 0 Å². The number of halogens is 2. The van der Waals surface area contributed by atoms with E-state index >= 15 is 0 Å². The van der Waals surface area contributed by atoms with Gasteiger partial charge in [-0.15, -0.1) is 0 Å². The molecule has 2 aliphatic rings. The average Bonchev–Trinajstić information content (AvgIpc) is 3.51. The number of aliphatic imine (C=N–C) groups is 1. The van der Waals surface area contributed by atoms with Crippen molar-refractivity contribution >= 4 is 40.1 Å². The lowest BCUT2D eigenvalue weighted by Crippen LogP contribution is -2.25. The van der Waals surface area contributed by atoms with E-state index in [4.69, 9.17) is 5.10 Å². The summed E-state index contributed by atoms with van der Waals surface area (Å²) in [6, 6.07) is 21.2. The van der Waals surface area contributed by atoms with E-state index in [1.807, 2.05) is 30.3 Å². The lowest BCUT2D eigenvalue weighted by molar-refractivity contribution is -0.121. The van der Waals surface area contributed by atoms with Crippen LogP contribution in [0.4, 0.5) is 14.5 Å². The van der Waals surface area contributed by atoms with Gasteiger partial charge in [-0.2, -0.15) is 10.1 Å². The number of carbonyl (C=O) groups is 2. The second kappa shape index (κ2) is 10.6. The Kier molecular flexibility index (Phi) is 7.14. The molecular weight excluding hydrogens is 494 g/mol. The van der Waals surface area contributed by atoms with E-state index in [2.05, 4.69) is 41.5 Å². The van der Waals surface area contributed by atoms with Crippen molar-refractivity contribution in [3.63, 3.8) is 0 Å². The van der Waals surface area contributed by atoms with E-state index in [9.17, 15) is 18.4 Å². The van der Waals surface area contributed by atoms with Crippen LogP contribution < -0.4 is 5.32 Å². The Bertz CT molecular complexity index is 1390.